The maximum absolute atomic E-state index is 13.4. The molecule has 0 radical (unpaired) electrons. The number of aromatic nitrogens is 4. The van der Waals surface area contributed by atoms with Crippen LogP contribution in [0.3, 0.4) is 0 Å². The Morgan fingerprint density at radius 3 is 2.72 bits per heavy atom. The molecule has 12 nitrogen and oxygen atoms in total. The van der Waals surface area contributed by atoms with Crippen LogP contribution in [0.25, 0.3) is 5.95 Å². The molecule has 6 rings (SSSR count). The average molecular weight is 584 g/mol. The number of imidazole rings is 1. The van der Waals surface area contributed by atoms with Gasteiger partial charge in [-0.05, 0) is 43.7 Å². The van der Waals surface area contributed by atoms with E-state index in [1.54, 1.807) is 28.2 Å². The number of piperazine rings is 1. The van der Waals surface area contributed by atoms with Crippen LogP contribution in [0.5, 0.6) is 17.2 Å². The van der Waals surface area contributed by atoms with Crippen molar-refractivity contribution in [3.05, 3.63) is 84.6 Å². The van der Waals surface area contributed by atoms with Crippen molar-refractivity contribution in [2.24, 2.45) is 0 Å². The normalized spacial score (nSPS) is 16.6. The van der Waals surface area contributed by atoms with E-state index in [2.05, 4.69) is 20.2 Å². The highest BCUT2D eigenvalue weighted by atomic mass is 16.7. The van der Waals surface area contributed by atoms with Crippen molar-refractivity contribution in [1.29, 1.82) is 0 Å². The Balaban J connectivity index is 1.19. The summed E-state index contributed by atoms with van der Waals surface area (Å²) in [6, 6.07) is 16.2. The minimum Gasteiger partial charge on any atom is -0.484 e. The summed E-state index contributed by atoms with van der Waals surface area (Å²) in [7, 11) is 0. The van der Waals surface area contributed by atoms with Gasteiger partial charge in [0.2, 0.25) is 18.6 Å². The maximum Gasteiger partial charge on any atom is 0.260 e. The number of ether oxygens (including phenoxy) is 3. The number of aryl methyl sites for hydroxylation is 1. The molecule has 2 atom stereocenters. The van der Waals surface area contributed by atoms with Crippen molar-refractivity contribution >= 4 is 17.6 Å². The molecule has 2 aliphatic rings. The number of nitrogens with zero attached hydrogens (tertiary/aromatic N) is 6. The van der Waals surface area contributed by atoms with E-state index < -0.39 is 0 Å². The molecule has 4 heterocycles. The molecule has 2 amide bonds. The molecule has 2 aromatic carbocycles. The molecule has 2 aromatic heterocycles. The van der Waals surface area contributed by atoms with Crippen LogP contribution in [0.15, 0.2) is 73.3 Å². The highest BCUT2D eigenvalue weighted by molar-refractivity contribution is 5.80. The monoisotopic (exact) mass is 583 g/mol. The lowest BCUT2D eigenvalue weighted by molar-refractivity contribution is -0.135. The van der Waals surface area contributed by atoms with E-state index in [0.29, 0.717) is 48.6 Å². The van der Waals surface area contributed by atoms with E-state index in [1.807, 2.05) is 68.4 Å². The Bertz CT molecular complexity index is 1580. The van der Waals surface area contributed by atoms with Crippen LogP contribution in [0.4, 0.5) is 5.82 Å². The number of nitrogens with one attached hydrogen (secondary N) is 1. The minimum absolute atomic E-state index is 0.0819. The number of benzene rings is 2. The molecule has 1 fully saturated rings. The second-order valence-corrected chi connectivity index (χ2v) is 10.5. The fraction of sp³-hybridized carbons (Fsp3) is 0.323. The Kier molecular flexibility index (Phi) is 8.07. The average Bonchev–Trinajstić information content (AvgIpc) is 3.72. The first-order valence-corrected chi connectivity index (χ1v) is 14.2. The SMILES string of the molecule is Cc1cc(N2CCN(C(=O)COc3ccccc3)CC2CC(=O)NC(C)c2ccc3c(c2)OCO3)nc(-n2ccnc2)n1. The Labute approximate surface area is 249 Å². The molecular weight excluding hydrogens is 550 g/mol. The lowest BCUT2D eigenvalue weighted by atomic mass is 10.0. The second-order valence-electron chi connectivity index (χ2n) is 10.5. The second kappa shape index (κ2) is 12.4. The van der Waals surface area contributed by atoms with Gasteiger partial charge in [0.15, 0.2) is 18.1 Å². The molecule has 1 saturated heterocycles. The van der Waals surface area contributed by atoms with E-state index in [1.165, 1.54) is 0 Å². The number of carbonyl (C=O) groups is 2. The van der Waals surface area contributed by atoms with Crippen molar-refractivity contribution in [1.82, 2.24) is 29.7 Å². The van der Waals surface area contributed by atoms with Crippen molar-refractivity contribution in [3.8, 4) is 23.2 Å². The van der Waals surface area contributed by atoms with Gasteiger partial charge in [0.05, 0.1) is 12.1 Å². The van der Waals surface area contributed by atoms with Gasteiger partial charge in [-0.2, -0.15) is 4.98 Å². The van der Waals surface area contributed by atoms with Gasteiger partial charge in [-0.25, -0.2) is 9.97 Å². The van der Waals surface area contributed by atoms with Crippen molar-refractivity contribution in [3.63, 3.8) is 0 Å². The molecule has 0 saturated carbocycles. The first kappa shape index (κ1) is 28.0. The molecule has 12 heteroatoms. The maximum atomic E-state index is 13.4. The number of carbonyl (C=O) groups excluding carboxylic acids is 2. The van der Waals surface area contributed by atoms with Crippen LogP contribution in [0.2, 0.25) is 0 Å². The number of hydrogen-bond acceptors (Lipinski definition) is 9. The number of rotatable bonds is 9. The zero-order valence-corrected chi connectivity index (χ0v) is 24.1. The zero-order valence-electron chi connectivity index (χ0n) is 24.1. The van der Waals surface area contributed by atoms with E-state index in [0.717, 1.165) is 11.3 Å². The van der Waals surface area contributed by atoms with Crippen molar-refractivity contribution in [2.75, 3.05) is 37.9 Å². The number of para-hydroxylation sites is 1. The van der Waals surface area contributed by atoms with Gasteiger partial charge in [-0.3, -0.25) is 14.2 Å². The molecule has 2 unspecified atom stereocenters. The highest BCUT2D eigenvalue weighted by Gasteiger charge is 2.33. The van der Waals surface area contributed by atoms with Crippen molar-refractivity contribution in [2.45, 2.75) is 32.4 Å². The van der Waals surface area contributed by atoms with E-state index in [9.17, 15) is 9.59 Å². The Morgan fingerprint density at radius 1 is 1.07 bits per heavy atom. The fourth-order valence-corrected chi connectivity index (χ4v) is 5.27. The standard InChI is InChI=1S/C31H33N7O5/c1-21-14-28(35-31(33-21)37-11-10-32-19-37)38-13-12-36(30(40)18-41-25-6-4-3-5-7-25)17-24(38)16-29(39)34-22(2)23-8-9-26-27(15-23)43-20-42-26/h3-11,14-15,19,22,24H,12-13,16-18,20H2,1-2H3,(H,34,39). The molecule has 2 aliphatic heterocycles. The summed E-state index contributed by atoms with van der Waals surface area (Å²) in [6.07, 6.45) is 5.25. The Morgan fingerprint density at radius 2 is 1.91 bits per heavy atom. The van der Waals surface area contributed by atoms with E-state index in [4.69, 9.17) is 19.2 Å². The van der Waals surface area contributed by atoms with Crippen LogP contribution in [0, 0.1) is 6.92 Å². The molecule has 4 aromatic rings. The first-order chi connectivity index (χ1) is 20.9. The molecule has 0 bridgehead atoms. The third-order valence-corrected chi connectivity index (χ3v) is 7.49. The number of anilines is 1. The summed E-state index contributed by atoms with van der Waals surface area (Å²) >= 11 is 0. The lowest BCUT2D eigenvalue weighted by Gasteiger charge is -2.42. The van der Waals surface area contributed by atoms with Gasteiger partial charge in [0.25, 0.3) is 5.91 Å². The summed E-state index contributed by atoms with van der Waals surface area (Å²) in [5, 5.41) is 3.11. The Hall–Kier alpha value is -5.13. The molecule has 43 heavy (non-hydrogen) atoms. The van der Waals surface area contributed by atoms with E-state index in [-0.39, 0.29) is 43.7 Å². The third kappa shape index (κ3) is 6.53. The summed E-state index contributed by atoms with van der Waals surface area (Å²) in [5.74, 6) is 2.88. The van der Waals surface area contributed by atoms with Gasteiger partial charge >= 0.3 is 0 Å². The first-order valence-electron chi connectivity index (χ1n) is 14.2. The quantitative estimate of drug-likeness (QED) is 0.317. The minimum atomic E-state index is -0.330. The lowest BCUT2D eigenvalue weighted by Crippen LogP contribution is -2.57. The van der Waals surface area contributed by atoms with Gasteiger partial charge in [0, 0.05) is 50.2 Å². The van der Waals surface area contributed by atoms with Gasteiger partial charge in [0.1, 0.15) is 17.9 Å². The van der Waals surface area contributed by atoms with Crippen LogP contribution in [-0.4, -0.2) is 75.3 Å². The summed E-state index contributed by atoms with van der Waals surface area (Å²) in [6.45, 7) is 5.23. The number of hydrogen-bond donors (Lipinski definition) is 1. The van der Waals surface area contributed by atoms with Crippen LogP contribution < -0.4 is 24.4 Å². The molecule has 0 aliphatic carbocycles. The third-order valence-electron chi connectivity index (χ3n) is 7.49. The van der Waals surface area contributed by atoms with Gasteiger partial charge in [-0.1, -0.05) is 24.3 Å². The van der Waals surface area contributed by atoms with Crippen LogP contribution in [-0.2, 0) is 9.59 Å². The predicted molar refractivity (Wildman–Crippen MR) is 157 cm³/mol. The molecule has 1 N–H and O–H groups in total. The largest absolute Gasteiger partial charge is 0.484 e. The van der Waals surface area contributed by atoms with E-state index >= 15 is 0 Å². The summed E-state index contributed by atoms with van der Waals surface area (Å²) < 4.78 is 18.4. The van der Waals surface area contributed by atoms with Gasteiger partial charge in [-0.15, -0.1) is 0 Å². The van der Waals surface area contributed by atoms with Crippen LogP contribution in [0.1, 0.15) is 30.6 Å². The zero-order chi connectivity index (χ0) is 29.8. The fourth-order valence-electron chi connectivity index (χ4n) is 5.27. The smallest absolute Gasteiger partial charge is 0.260 e. The molecular formula is C31H33N7O5. The van der Waals surface area contributed by atoms with Gasteiger partial charge < -0.3 is 29.3 Å². The highest BCUT2D eigenvalue weighted by Crippen LogP contribution is 2.34. The molecule has 222 valence electrons. The van der Waals surface area contributed by atoms with Crippen molar-refractivity contribution < 1.29 is 23.8 Å². The topological polar surface area (TPSA) is 124 Å². The molecule has 0 spiro atoms. The number of fused-ring (bicyclic) bond motifs is 1. The summed E-state index contributed by atoms with van der Waals surface area (Å²) in [5.41, 5.74) is 1.69. The summed E-state index contributed by atoms with van der Waals surface area (Å²) in [4.78, 5) is 43.9. The van der Waals surface area contributed by atoms with Crippen LogP contribution >= 0.6 is 0 Å². The number of amides is 2. The predicted octanol–water partition coefficient (Wildman–Crippen LogP) is 3.06.